The van der Waals surface area contributed by atoms with Crippen molar-refractivity contribution in [2.24, 2.45) is 0 Å². The molecule has 1 aromatic rings. The van der Waals surface area contributed by atoms with Crippen molar-refractivity contribution in [3.63, 3.8) is 0 Å². The molecule has 24 heavy (non-hydrogen) atoms. The van der Waals surface area contributed by atoms with E-state index in [1.54, 1.807) is 0 Å². The van der Waals surface area contributed by atoms with E-state index in [1.165, 1.54) is 16.8 Å². The average Bonchev–Trinajstić information content (AvgIpc) is 2.72. The van der Waals surface area contributed by atoms with E-state index in [2.05, 4.69) is 4.98 Å². The zero-order valence-corrected chi connectivity index (χ0v) is 15.8. The van der Waals surface area contributed by atoms with Gasteiger partial charge in [-0.1, -0.05) is 13.1 Å². The molecular formula is C15H26N2O6Si. The van der Waals surface area contributed by atoms with E-state index in [0.29, 0.717) is 0 Å². The van der Waals surface area contributed by atoms with Crippen molar-refractivity contribution in [3.05, 3.63) is 33.1 Å². The summed E-state index contributed by atoms with van der Waals surface area (Å²) in [6.07, 6.45) is -1.45. The zero-order chi connectivity index (χ0) is 18.3. The summed E-state index contributed by atoms with van der Waals surface area (Å²) in [5.41, 5.74) is -1.74. The van der Waals surface area contributed by atoms with E-state index in [4.69, 9.17) is 9.47 Å². The molecule has 9 heteroatoms. The predicted molar refractivity (Wildman–Crippen MR) is 90.8 cm³/mol. The van der Waals surface area contributed by atoms with Gasteiger partial charge in [0.1, 0.15) is 18.3 Å². The molecule has 4 atom stereocenters. The van der Waals surface area contributed by atoms with E-state index in [1.807, 2.05) is 33.9 Å². The molecule has 0 aromatic carbocycles. The molecule has 0 radical (unpaired) electrons. The van der Waals surface area contributed by atoms with Crippen molar-refractivity contribution in [1.82, 2.24) is 9.55 Å². The lowest BCUT2D eigenvalue weighted by atomic mass is 10.1. The number of aliphatic hydroxyl groups excluding tert-OH is 2. The van der Waals surface area contributed by atoms with Crippen LogP contribution in [0.2, 0.25) is 13.1 Å². The van der Waals surface area contributed by atoms with Crippen molar-refractivity contribution < 1.29 is 19.7 Å². The number of aromatic nitrogens is 2. The first-order valence-corrected chi connectivity index (χ1v) is 10.9. The molecule has 1 aliphatic heterocycles. The number of ether oxygens (including phenoxy) is 2. The molecule has 0 amide bonds. The van der Waals surface area contributed by atoms with Gasteiger partial charge in [0, 0.05) is 12.3 Å². The summed E-state index contributed by atoms with van der Waals surface area (Å²) < 4.78 is 13.4. The zero-order valence-electron chi connectivity index (χ0n) is 14.6. The standard InChI is InChI=1S/C15H26N2O6Si/c1-14(2,3)23-12-11(20)9(8-18)22-15(12,24(4)5)17-7-6-10(19)16-13(17)21/h6-7,9,11-12,18,20,24H,8H2,1-5H3,(H,16,19,21)/t9-,11-,12-,15+/m1/s1. The Labute approximate surface area is 141 Å². The minimum absolute atomic E-state index is 0.397. The Morgan fingerprint density at radius 2 is 2.04 bits per heavy atom. The molecule has 0 aliphatic carbocycles. The van der Waals surface area contributed by atoms with Crippen LogP contribution in [0.3, 0.4) is 0 Å². The van der Waals surface area contributed by atoms with E-state index in [-0.39, 0.29) is 0 Å². The quantitative estimate of drug-likeness (QED) is 0.604. The maximum atomic E-state index is 12.4. The SMILES string of the molecule is C[SiH](C)[C@@]1(n2ccc(=O)[nH]c2=O)O[C@H](CO)[C@@H](O)[C@H]1OC(C)(C)C. The van der Waals surface area contributed by atoms with Crippen LogP contribution in [0.25, 0.3) is 0 Å². The van der Waals surface area contributed by atoms with Crippen molar-refractivity contribution >= 4 is 8.80 Å². The molecule has 2 rings (SSSR count). The number of hydrogen-bond acceptors (Lipinski definition) is 6. The van der Waals surface area contributed by atoms with Crippen LogP contribution < -0.4 is 11.2 Å². The first-order valence-electron chi connectivity index (χ1n) is 8.00. The van der Waals surface area contributed by atoms with Gasteiger partial charge in [0.25, 0.3) is 5.56 Å². The normalized spacial score (nSPS) is 30.9. The molecule has 0 saturated carbocycles. The lowest BCUT2D eigenvalue weighted by Gasteiger charge is -2.41. The number of hydrogen-bond donors (Lipinski definition) is 3. The van der Waals surface area contributed by atoms with Crippen LogP contribution in [0, 0.1) is 0 Å². The molecule has 0 unspecified atom stereocenters. The largest absolute Gasteiger partial charge is 0.394 e. The third kappa shape index (κ3) is 3.27. The predicted octanol–water partition coefficient (Wildman–Crippen LogP) is -0.849. The fraction of sp³-hybridized carbons (Fsp3) is 0.733. The monoisotopic (exact) mass is 358 g/mol. The van der Waals surface area contributed by atoms with Gasteiger partial charge in [-0.25, -0.2) is 4.79 Å². The molecule has 0 bridgehead atoms. The lowest BCUT2D eigenvalue weighted by Crippen LogP contribution is -2.60. The van der Waals surface area contributed by atoms with Crippen LogP contribution in [0.4, 0.5) is 0 Å². The molecule has 0 spiro atoms. The number of nitrogens with zero attached hydrogens (tertiary/aromatic N) is 1. The highest BCUT2D eigenvalue weighted by atomic mass is 28.3. The van der Waals surface area contributed by atoms with Crippen LogP contribution in [-0.4, -0.2) is 59.1 Å². The van der Waals surface area contributed by atoms with Crippen molar-refractivity contribution in [2.75, 3.05) is 6.61 Å². The average molecular weight is 358 g/mol. The highest BCUT2D eigenvalue weighted by molar-refractivity contribution is 6.58. The molecule has 2 heterocycles. The van der Waals surface area contributed by atoms with Crippen LogP contribution in [0.5, 0.6) is 0 Å². The number of aliphatic hydroxyl groups is 2. The molecule has 1 saturated heterocycles. The van der Waals surface area contributed by atoms with Gasteiger partial charge in [0.15, 0.2) is 5.35 Å². The lowest BCUT2D eigenvalue weighted by molar-refractivity contribution is -0.154. The van der Waals surface area contributed by atoms with Gasteiger partial charge in [0.05, 0.1) is 21.0 Å². The molecule has 3 N–H and O–H groups in total. The van der Waals surface area contributed by atoms with Crippen LogP contribution in [-0.2, 0) is 14.8 Å². The molecular weight excluding hydrogens is 332 g/mol. The van der Waals surface area contributed by atoms with Gasteiger partial charge in [-0.05, 0) is 20.8 Å². The summed E-state index contributed by atoms with van der Waals surface area (Å²) in [4.78, 5) is 26.0. The van der Waals surface area contributed by atoms with E-state index in [9.17, 15) is 19.8 Å². The summed E-state index contributed by atoms with van der Waals surface area (Å²) in [7, 11) is -1.84. The summed E-state index contributed by atoms with van der Waals surface area (Å²) >= 11 is 0. The Bertz CT molecular complexity index is 694. The summed E-state index contributed by atoms with van der Waals surface area (Å²) in [6.45, 7) is 9.05. The van der Waals surface area contributed by atoms with E-state index < -0.39 is 55.9 Å². The fourth-order valence-electron chi connectivity index (χ4n) is 3.13. The molecule has 8 nitrogen and oxygen atoms in total. The molecule has 1 aliphatic rings. The number of rotatable bonds is 4. The Morgan fingerprint density at radius 3 is 2.50 bits per heavy atom. The van der Waals surface area contributed by atoms with Crippen LogP contribution >= 0.6 is 0 Å². The minimum Gasteiger partial charge on any atom is -0.394 e. The van der Waals surface area contributed by atoms with Gasteiger partial charge in [-0.3, -0.25) is 14.3 Å². The topological polar surface area (TPSA) is 114 Å². The maximum Gasteiger partial charge on any atom is 0.330 e. The van der Waals surface area contributed by atoms with Crippen LogP contribution in [0.1, 0.15) is 20.8 Å². The minimum atomic E-state index is -1.84. The van der Waals surface area contributed by atoms with Gasteiger partial charge in [-0.15, -0.1) is 0 Å². The second kappa shape index (κ2) is 6.56. The Kier molecular flexibility index (Phi) is 5.21. The molecule has 1 fully saturated rings. The van der Waals surface area contributed by atoms with Crippen molar-refractivity contribution in [3.8, 4) is 0 Å². The summed E-state index contributed by atoms with van der Waals surface area (Å²) in [5, 5.41) is 19.0. The Balaban J connectivity index is 2.67. The second-order valence-corrected chi connectivity index (χ2v) is 10.5. The Morgan fingerprint density at radius 1 is 1.42 bits per heavy atom. The van der Waals surface area contributed by atoms with E-state index in [0.717, 1.165) is 0 Å². The van der Waals surface area contributed by atoms with Crippen molar-refractivity contribution in [2.45, 2.75) is 63.1 Å². The smallest absolute Gasteiger partial charge is 0.330 e. The highest BCUT2D eigenvalue weighted by Gasteiger charge is 2.59. The summed E-state index contributed by atoms with van der Waals surface area (Å²) in [6, 6.07) is 1.23. The molecule has 1 aromatic heterocycles. The van der Waals surface area contributed by atoms with Gasteiger partial charge in [-0.2, -0.15) is 0 Å². The Hall–Kier alpha value is -1.26. The number of aromatic amines is 1. The van der Waals surface area contributed by atoms with E-state index >= 15 is 0 Å². The fourth-order valence-corrected chi connectivity index (χ4v) is 5.26. The van der Waals surface area contributed by atoms with Gasteiger partial charge < -0.3 is 19.7 Å². The van der Waals surface area contributed by atoms with Crippen molar-refractivity contribution in [1.29, 1.82) is 0 Å². The van der Waals surface area contributed by atoms with Gasteiger partial charge in [0.2, 0.25) is 0 Å². The second-order valence-electron chi connectivity index (χ2n) is 7.37. The first-order chi connectivity index (χ1) is 11.0. The molecule has 136 valence electrons. The number of nitrogens with one attached hydrogen (secondary N) is 1. The third-order valence-electron chi connectivity index (χ3n) is 4.13. The summed E-state index contributed by atoms with van der Waals surface area (Å²) in [5.74, 6) is 0. The maximum absolute atomic E-state index is 12.4. The van der Waals surface area contributed by atoms with Crippen LogP contribution in [0.15, 0.2) is 21.9 Å². The number of H-pyrrole nitrogens is 1. The highest BCUT2D eigenvalue weighted by Crippen LogP contribution is 2.40. The van der Waals surface area contributed by atoms with Gasteiger partial charge >= 0.3 is 5.69 Å². The first kappa shape index (κ1) is 19.1. The third-order valence-corrected chi connectivity index (χ3v) is 6.52.